The summed E-state index contributed by atoms with van der Waals surface area (Å²) in [4.78, 5) is 35.8. The number of halogens is 4. The first-order chi connectivity index (χ1) is 15.5. The van der Waals surface area contributed by atoms with E-state index in [1.165, 1.54) is 15.9 Å². The fourth-order valence-electron chi connectivity index (χ4n) is 3.37. The number of anilines is 1. The van der Waals surface area contributed by atoms with E-state index >= 15 is 0 Å². The molecule has 3 rings (SSSR count). The van der Waals surface area contributed by atoms with Crippen LogP contribution in [0.25, 0.3) is 6.08 Å². The Kier molecular flexibility index (Phi) is 6.86. The van der Waals surface area contributed by atoms with Gasteiger partial charge in [-0.15, -0.1) is 0 Å². The second-order valence-electron chi connectivity index (χ2n) is 7.07. The third-order valence-electron chi connectivity index (χ3n) is 4.99. The molecule has 0 aliphatic carbocycles. The molecule has 2 aromatic carbocycles. The number of rotatable bonds is 5. The van der Waals surface area contributed by atoms with Crippen molar-refractivity contribution in [1.82, 2.24) is 4.90 Å². The Labute approximate surface area is 189 Å². The van der Waals surface area contributed by atoms with Gasteiger partial charge in [-0.05, 0) is 23.8 Å². The molecule has 0 aromatic heterocycles. The molecule has 1 fully saturated rings. The minimum atomic E-state index is -4.99. The Morgan fingerprint density at radius 3 is 1.94 bits per heavy atom. The van der Waals surface area contributed by atoms with Crippen molar-refractivity contribution in [2.24, 2.45) is 0 Å². The number of piperazine rings is 1. The molecule has 1 heterocycles. The molecule has 0 radical (unpaired) electrons. The fraction of sp³-hybridized carbons (Fsp3) is 0.250. The van der Waals surface area contributed by atoms with Crippen LogP contribution in [0, 0.1) is 20.2 Å². The van der Waals surface area contributed by atoms with E-state index in [1.54, 1.807) is 30.3 Å². The number of amides is 1. The summed E-state index contributed by atoms with van der Waals surface area (Å²) < 4.78 is 39.3. The molecule has 0 unspecified atom stereocenters. The summed E-state index contributed by atoms with van der Waals surface area (Å²) in [6.07, 6.45) is -2.08. The van der Waals surface area contributed by atoms with Crippen molar-refractivity contribution < 1.29 is 27.8 Å². The van der Waals surface area contributed by atoms with Gasteiger partial charge in [0.05, 0.1) is 15.4 Å². The summed E-state index contributed by atoms with van der Waals surface area (Å²) in [5.74, 6) is -0.346. The van der Waals surface area contributed by atoms with Gasteiger partial charge in [0.2, 0.25) is 5.91 Å². The molecule has 0 atom stereocenters. The molecule has 1 aliphatic rings. The number of hydrogen-bond donors (Lipinski definition) is 0. The lowest BCUT2D eigenvalue weighted by Gasteiger charge is -2.35. The van der Waals surface area contributed by atoms with E-state index in [0.29, 0.717) is 5.02 Å². The van der Waals surface area contributed by atoms with E-state index < -0.39 is 38.6 Å². The summed E-state index contributed by atoms with van der Waals surface area (Å²) in [5, 5.41) is 23.4. The summed E-state index contributed by atoms with van der Waals surface area (Å²) >= 11 is 5.81. The Bertz CT molecular complexity index is 1080. The SMILES string of the molecule is O=C(/C=C/c1ccc(Cl)cc1)N1CCN(c2c([N+](=O)[O-])cc(C(F)(F)F)cc2[N+](=O)[O-])CC1. The highest BCUT2D eigenvalue weighted by Gasteiger charge is 2.39. The third-order valence-corrected chi connectivity index (χ3v) is 5.24. The molecule has 0 N–H and O–H groups in total. The van der Waals surface area contributed by atoms with Crippen molar-refractivity contribution in [3.05, 3.63) is 78.9 Å². The molecule has 1 saturated heterocycles. The molecular formula is C20H16ClF3N4O5. The maximum absolute atomic E-state index is 13.1. The summed E-state index contributed by atoms with van der Waals surface area (Å²) in [7, 11) is 0. The van der Waals surface area contributed by atoms with Crippen molar-refractivity contribution in [3.8, 4) is 0 Å². The molecule has 174 valence electrons. The first-order valence-electron chi connectivity index (χ1n) is 9.49. The lowest BCUT2D eigenvalue weighted by Crippen LogP contribution is -2.48. The van der Waals surface area contributed by atoms with Gasteiger partial charge in [0.25, 0.3) is 11.4 Å². The Balaban J connectivity index is 1.81. The van der Waals surface area contributed by atoms with E-state index in [0.717, 1.165) is 5.56 Å². The van der Waals surface area contributed by atoms with Crippen LogP contribution in [0.2, 0.25) is 5.02 Å². The first-order valence-corrected chi connectivity index (χ1v) is 9.86. The van der Waals surface area contributed by atoms with Crippen LogP contribution in [0.5, 0.6) is 0 Å². The molecule has 1 aliphatic heterocycles. The predicted molar refractivity (Wildman–Crippen MR) is 114 cm³/mol. The van der Waals surface area contributed by atoms with E-state index in [2.05, 4.69) is 0 Å². The van der Waals surface area contributed by atoms with Crippen LogP contribution in [0.3, 0.4) is 0 Å². The van der Waals surface area contributed by atoms with Crippen LogP contribution in [-0.4, -0.2) is 46.8 Å². The molecule has 0 saturated carbocycles. The quantitative estimate of drug-likeness (QED) is 0.350. The van der Waals surface area contributed by atoms with Crippen molar-refractivity contribution in [1.29, 1.82) is 0 Å². The maximum atomic E-state index is 13.1. The second kappa shape index (κ2) is 9.45. The van der Waals surface area contributed by atoms with Gasteiger partial charge >= 0.3 is 6.18 Å². The Morgan fingerprint density at radius 1 is 0.970 bits per heavy atom. The Morgan fingerprint density at radius 2 is 1.48 bits per heavy atom. The highest BCUT2D eigenvalue weighted by Crippen LogP contribution is 2.43. The number of carbonyl (C=O) groups is 1. The Hall–Kier alpha value is -3.67. The number of carbonyl (C=O) groups excluding carboxylic acids is 1. The van der Waals surface area contributed by atoms with Crippen molar-refractivity contribution >= 4 is 40.6 Å². The number of nitro benzene ring substituents is 2. The normalized spacial score (nSPS) is 14.5. The summed E-state index contributed by atoms with van der Waals surface area (Å²) in [5.41, 5.74) is -3.28. The second-order valence-corrected chi connectivity index (χ2v) is 7.51. The van der Waals surface area contributed by atoms with Crippen molar-refractivity contribution in [2.75, 3.05) is 31.1 Å². The predicted octanol–water partition coefficient (Wildman–Crippen LogP) is 4.54. The molecule has 2 aromatic rings. The lowest BCUT2D eigenvalue weighted by molar-refractivity contribution is -0.393. The van der Waals surface area contributed by atoms with Gasteiger partial charge in [0, 0.05) is 49.4 Å². The molecule has 33 heavy (non-hydrogen) atoms. The topological polar surface area (TPSA) is 110 Å². The maximum Gasteiger partial charge on any atom is 0.416 e. The zero-order chi connectivity index (χ0) is 24.3. The average Bonchev–Trinajstić information content (AvgIpc) is 2.77. The molecule has 1 amide bonds. The molecular weight excluding hydrogens is 469 g/mol. The first kappa shape index (κ1) is 24.0. The molecule has 0 spiro atoms. The minimum absolute atomic E-state index is 0.0342. The fourth-order valence-corrected chi connectivity index (χ4v) is 3.49. The van der Waals surface area contributed by atoms with Crippen molar-refractivity contribution in [3.63, 3.8) is 0 Å². The molecule has 13 heteroatoms. The van der Waals surface area contributed by atoms with Gasteiger partial charge in [-0.25, -0.2) is 0 Å². The van der Waals surface area contributed by atoms with Crippen LogP contribution in [0.4, 0.5) is 30.2 Å². The highest BCUT2D eigenvalue weighted by molar-refractivity contribution is 6.30. The standard InChI is InChI=1S/C20H16ClF3N4O5/c21-15-4-1-13(2-5-15)3-6-18(29)25-7-9-26(10-8-25)19-16(27(30)31)11-14(20(22,23)24)12-17(19)28(32)33/h1-6,11-12H,7-10H2/b6-3+. The summed E-state index contributed by atoms with van der Waals surface area (Å²) in [6, 6.07) is 7.33. The summed E-state index contributed by atoms with van der Waals surface area (Å²) in [6.45, 7) is 0.0688. The smallest absolute Gasteiger partial charge is 0.357 e. The monoisotopic (exact) mass is 484 g/mol. The minimum Gasteiger partial charge on any atom is -0.357 e. The third kappa shape index (κ3) is 5.58. The van der Waals surface area contributed by atoms with Gasteiger partial charge in [-0.1, -0.05) is 23.7 Å². The molecule has 0 bridgehead atoms. The number of alkyl halides is 3. The zero-order valence-electron chi connectivity index (χ0n) is 16.8. The van der Waals surface area contributed by atoms with Crippen LogP contribution < -0.4 is 4.90 Å². The van der Waals surface area contributed by atoms with E-state index in [9.17, 15) is 38.2 Å². The van der Waals surface area contributed by atoms with Gasteiger partial charge in [0.15, 0.2) is 5.69 Å². The van der Waals surface area contributed by atoms with Gasteiger partial charge in [0.1, 0.15) is 0 Å². The largest absolute Gasteiger partial charge is 0.416 e. The van der Waals surface area contributed by atoms with E-state index in [1.807, 2.05) is 0 Å². The van der Waals surface area contributed by atoms with Crippen LogP contribution in [-0.2, 0) is 11.0 Å². The lowest BCUT2D eigenvalue weighted by atomic mass is 10.1. The molecule has 9 nitrogen and oxygen atoms in total. The van der Waals surface area contributed by atoms with E-state index in [-0.39, 0.29) is 44.2 Å². The van der Waals surface area contributed by atoms with Crippen molar-refractivity contribution in [2.45, 2.75) is 6.18 Å². The number of hydrogen-bond acceptors (Lipinski definition) is 6. The van der Waals surface area contributed by atoms with Gasteiger partial charge in [-0.2, -0.15) is 13.2 Å². The zero-order valence-corrected chi connectivity index (χ0v) is 17.5. The van der Waals surface area contributed by atoms with Gasteiger partial charge < -0.3 is 9.80 Å². The van der Waals surface area contributed by atoms with Crippen LogP contribution in [0.1, 0.15) is 11.1 Å². The average molecular weight is 485 g/mol. The van der Waals surface area contributed by atoms with Crippen LogP contribution >= 0.6 is 11.6 Å². The number of nitro groups is 2. The number of benzene rings is 2. The van der Waals surface area contributed by atoms with Crippen LogP contribution in [0.15, 0.2) is 42.5 Å². The number of nitrogens with zero attached hydrogens (tertiary/aromatic N) is 4. The van der Waals surface area contributed by atoms with Gasteiger partial charge in [-0.3, -0.25) is 25.0 Å². The highest BCUT2D eigenvalue weighted by atomic mass is 35.5. The van der Waals surface area contributed by atoms with E-state index in [4.69, 9.17) is 11.6 Å².